The molecule has 5 nitrogen and oxygen atoms in total. The molecule has 0 radical (unpaired) electrons. The van der Waals surface area contributed by atoms with Crippen molar-refractivity contribution in [1.82, 2.24) is 15.1 Å². The summed E-state index contributed by atoms with van der Waals surface area (Å²) in [5, 5.41) is 3.54. The van der Waals surface area contributed by atoms with E-state index in [1.165, 1.54) is 16.8 Å². The zero-order chi connectivity index (χ0) is 19.9. The summed E-state index contributed by atoms with van der Waals surface area (Å²) in [5.41, 5.74) is 3.96. The van der Waals surface area contributed by atoms with Crippen molar-refractivity contribution in [2.75, 3.05) is 51.2 Å². The molecule has 29 heavy (non-hydrogen) atoms. The number of hydrogen-bond donors (Lipinski definition) is 1. The molecule has 0 atom stereocenters. The minimum Gasteiger partial charge on any atom is -0.364 e. The van der Waals surface area contributed by atoms with Gasteiger partial charge < -0.3 is 15.1 Å². The van der Waals surface area contributed by atoms with E-state index in [1.54, 1.807) is 0 Å². The van der Waals surface area contributed by atoms with Crippen molar-refractivity contribution in [3.63, 3.8) is 0 Å². The van der Waals surface area contributed by atoms with Crippen LogP contribution in [0.15, 0.2) is 71.7 Å². The van der Waals surface area contributed by atoms with E-state index < -0.39 is 0 Å². The topological polar surface area (TPSA) is 34.1 Å². The molecule has 2 aliphatic rings. The van der Waals surface area contributed by atoms with Gasteiger partial charge in [-0.15, -0.1) is 0 Å². The van der Waals surface area contributed by atoms with E-state index in [9.17, 15) is 0 Å². The highest BCUT2D eigenvalue weighted by molar-refractivity contribution is 5.80. The molecule has 2 aliphatic heterocycles. The van der Waals surface area contributed by atoms with Gasteiger partial charge in [-0.25, -0.2) is 0 Å². The molecule has 0 spiro atoms. The molecule has 0 saturated carbocycles. The molecule has 1 fully saturated rings. The van der Waals surface area contributed by atoms with Gasteiger partial charge in [-0.05, 0) is 23.3 Å². The Bertz CT molecular complexity index is 812. The van der Waals surface area contributed by atoms with E-state index in [0.717, 1.165) is 58.3 Å². The Morgan fingerprint density at radius 2 is 1.55 bits per heavy atom. The first-order chi connectivity index (χ1) is 14.3. The summed E-state index contributed by atoms with van der Waals surface area (Å²) in [5.74, 6) is 0.997. The Labute approximate surface area is 174 Å². The normalized spacial score (nSPS) is 17.8. The van der Waals surface area contributed by atoms with Crippen LogP contribution in [-0.4, -0.2) is 62.1 Å². The lowest BCUT2D eigenvalue weighted by Gasteiger charge is -2.36. The second-order valence-corrected chi connectivity index (χ2v) is 7.69. The molecule has 0 bridgehead atoms. The molecular weight excluding hydrogens is 358 g/mol. The number of aliphatic imine (C=N–C) groups is 1. The highest BCUT2D eigenvalue weighted by Gasteiger charge is 2.19. The molecule has 0 aliphatic carbocycles. The van der Waals surface area contributed by atoms with Crippen LogP contribution in [0.5, 0.6) is 0 Å². The van der Waals surface area contributed by atoms with Crippen molar-refractivity contribution in [1.29, 1.82) is 0 Å². The zero-order valence-corrected chi connectivity index (χ0v) is 17.3. The quantitative estimate of drug-likeness (QED) is 0.484. The molecule has 2 heterocycles. The lowest BCUT2D eigenvalue weighted by Crippen LogP contribution is -2.52. The van der Waals surface area contributed by atoms with Gasteiger partial charge in [0.25, 0.3) is 0 Å². The predicted molar refractivity (Wildman–Crippen MR) is 121 cm³/mol. The maximum absolute atomic E-state index is 4.51. The smallest absolute Gasteiger partial charge is 0.194 e. The number of guanidine groups is 1. The predicted octanol–water partition coefficient (Wildman–Crippen LogP) is 2.96. The van der Waals surface area contributed by atoms with E-state index >= 15 is 0 Å². The van der Waals surface area contributed by atoms with E-state index in [0.29, 0.717) is 0 Å². The van der Waals surface area contributed by atoms with Gasteiger partial charge in [0.05, 0.1) is 0 Å². The van der Waals surface area contributed by atoms with Crippen LogP contribution in [0.4, 0.5) is 5.69 Å². The van der Waals surface area contributed by atoms with Crippen LogP contribution in [0.25, 0.3) is 0 Å². The number of anilines is 1. The van der Waals surface area contributed by atoms with Gasteiger partial charge in [0.2, 0.25) is 0 Å². The van der Waals surface area contributed by atoms with Crippen molar-refractivity contribution in [3.05, 3.63) is 77.9 Å². The summed E-state index contributed by atoms with van der Waals surface area (Å²) in [6, 6.07) is 19.6. The SMILES string of the molecule is CN=C(NCc1ccc(N2CC=CC2)cc1)N1CCN(Cc2ccccc2)CC1. The second kappa shape index (κ2) is 9.61. The van der Waals surface area contributed by atoms with E-state index in [-0.39, 0.29) is 0 Å². The third-order valence-corrected chi connectivity index (χ3v) is 5.70. The molecular formula is C24H31N5. The summed E-state index contributed by atoms with van der Waals surface area (Å²) in [7, 11) is 1.88. The highest BCUT2D eigenvalue weighted by Crippen LogP contribution is 2.17. The van der Waals surface area contributed by atoms with Crippen LogP contribution in [-0.2, 0) is 13.1 Å². The van der Waals surface area contributed by atoms with Crippen molar-refractivity contribution in [2.24, 2.45) is 4.99 Å². The first-order valence-electron chi connectivity index (χ1n) is 10.5. The average Bonchev–Trinajstić information content (AvgIpc) is 3.31. The first kappa shape index (κ1) is 19.5. The van der Waals surface area contributed by atoms with Crippen LogP contribution < -0.4 is 10.2 Å². The molecule has 1 saturated heterocycles. The average molecular weight is 390 g/mol. The van der Waals surface area contributed by atoms with Crippen LogP contribution in [0.3, 0.4) is 0 Å². The molecule has 2 aromatic rings. The Morgan fingerprint density at radius 1 is 0.862 bits per heavy atom. The summed E-state index contributed by atoms with van der Waals surface area (Å²) in [6.45, 7) is 8.00. The van der Waals surface area contributed by atoms with E-state index in [1.807, 2.05) is 7.05 Å². The maximum Gasteiger partial charge on any atom is 0.194 e. The Morgan fingerprint density at radius 3 is 2.21 bits per heavy atom. The van der Waals surface area contributed by atoms with Crippen LogP contribution >= 0.6 is 0 Å². The molecule has 1 N–H and O–H groups in total. The number of rotatable bonds is 5. The number of nitrogens with zero attached hydrogens (tertiary/aromatic N) is 4. The fourth-order valence-corrected chi connectivity index (χ4v) is 3.99. The van der Waals surface area contributed by atoms with Crippen LogP contribution in [0, 0.1) is 0 Å². The summed E-state index contributed by atoms with van der Waals surface area (Å²) >= 11 is 0. The number of benzene rings is 2. The number of hydrogen-bond acceptors (Lipinski definition) is 3. The maximum atomic E-state index is 4.51. The molecule has 152 valence electrons. The molecule has 0 unspecified atom stereocenters. The van der Waals surface area contributed by atoms with E-state index in [4.69, 9.17) is 0 Å². The standard InChI is InChI=1S/C24H31N5/c1-25-24(26-19-21-9-11-23(12-10-21)28-13-5-6-14-28)29-17-15-27(16-18-29)20-22-7-3-2-4-8-22/h2-12H,13-20H2,1H3,(H,25,26). The van der Waals surface area contributed by atoms with Crippen molar-refractivity contribution in [3.8, 4) is 0 Å². The number of nitrogens with one attached hydrogen (secondary N) is 1. The largest absolute Gasteiger partial charge is 0.364 e. The van der Waals surface area contributed by atoms with Gasteiger partial charge in [-0.1, -0.05) is 54.6 Å². The summed E-state index contributed by atoms with van der Waals surface area (Å²) < 4.78 is 0. The lowest BCUT2D eigenvalue weighted by molar-refractivity contribution is 0.172. The van der Waals surface area contributed by atoms with Crippen molar-refractivity contribution >= 4 is 11.6 Å². The fraction of sp³-hybridized carbons (Fsp3) is 0.375. The molecule has 2 aromatic carbocycles. The van der Waals surface area contributed by atoms with Gasteiger partial charge in [0.15, 0.2) is 5.96 Å². The highest BCUT2D eigenvalue weighted by atomic mass is 15.3. The Balaban J connectivity index is 1.24. The van der Waals surface area contributed by atoms with E-state index in [2.05, 4.69) is 91.8 Å². The first-order valence-corrected chi connectivity index (χ1v) is 10.5. The van der Waals surface area contributed by atoms with Crippen LogP contribution in [0.1, 0.15) is 11.1 Å². The van der Waals surface area contributed by atoms with Gasteiger partial charge >= 0.3 is 0 Å². The minimum absolute atomic E-state index is 0.801. The second-order valence-electron chi connectivity index (χ2n) is 7.69. The zero-order valence-electron chi connectivity index (χ0n) is 17.3. The summed E-state index contributed by atoms with van der Waals surface area (Å²) in [4.78, 5) is 11.8. The fourth-order valence-electron chi connectivity index (χ4n) is 3.99. The Kier molecular flexibility index (Phi) is 6.47. The van der Waals surface area contributed by atoms with Gasteiger partial charge in [0.1, 0.15) is 0 Å². The lowest BCUT2D eigenvalue weighted by atomic mass is 10.2. The van der Waals surface area contributed by atoms with Crippen molar-refractivity contribution < 1.29 is 0 Å². The monoisotopic (exact) mass is 389 g/mol. The number of piperazine rings is 1. The minimum atomic E-state index is 0.801. The van der Waals surface area contributed by atoms with Gasteiger partial charge in [0, 0.05) is 65.1 Å². The van der Waals surface area contributed by atoms with Gasteiger partial charge in [-0.3, -0.25) is 9.89 Å². The van der Waals surface area contributed by atoms with Crippen LogP contribution in [0.2, 0.25) is 0 Å². The Hall–Kier alpha value is -2.79. The molecule has 5 heteroatoms. The third kappa shape index (κ3) is 5.18. The molecule has 4 rings (SSSR count). The molecule has 0 amide bonds. The molecule has 0 aromatic heterocycles. The summed E-state index contributed by atoms with van der Waals surface area (Å²) in [6.07, 6.45) is 4.44. The van der Waals surface area contributed by atoms with Crippen molar-refractivity contribution in [2.45, 2.75) is 13.1 Å². The third-order valence-electron chi connectivity index (χ3n) is 5.70. The van der Waals surface area contributed by atoms with Gasteiger partial charge in [-0.2, -0.15) is 0 Å².